The Morgan fingerprint density at radius 1 is 1.11 bits per heavy atom. The van der Waals surface area contributed by atoms with E-state index in [-0.39, 0.29) is 41.3 Å². The van der Waals surface area contributed by atoms with Gasteiger partial charge in [0.2, 0.25) is 11.8 Å². The lowest BCUT2D eigenvalue weighted by Crippen LogP contribution is -2.38. The van der Waals surface area contributed by atoms with E-state index in [1.165, 1.54) is 7.11 Å². The molecule has 1 saturated carbocycles. The van der Waals surface area contributed by atoms with Gasteiger partial charge in [-0.25, -0.2) is 0 Å². The number of nitrogens with zero attached hydrogens (tertiary/aromatic N) is 1. The Morgan fingerprint density at radius 3 is 2.41 bits per heavy atom. The Labute approximate surface area is 155 Å². The molecule has 27 heavy (non-hydrogen) atoms. The molecule has 7 nitrogen and oxygen atoms in total. The SMILES string of the molecule is COc1cccc(C(=O)COC(=O)CN2C(=O)[C@H]3[C@H](C2=O)[C@H]2C=C[C@H]3C2)c1. The van der Waals surface area contributed by atoms with Crippen molar-refractivity contribution in [1.82, 2.24) is 4.90 Å². The Bertz CT molecular complexity index is 830. The van der Waals surface area contributed by atoms with Crippen LogP contribution in [0.25, 0.3) is 0 Å². The highest BCUT2D eigenvalue weighted by Gasteiger charge is 2.59. The van der Waals surface area contributed by atoms with Gasteiger partial charge in [0.1, 0.15) is 12.3 Å². The molecule has 140 valence electrons. The first-order chi connectivity index (χ1) is 13.0. The molecule has 4 rings (SSSR count). The average molecular weight is 369 g/mol. The molecule has 1 aliphatic heterocycles. The smallest absolute Gasteiger partial charge is 0.326 e. The second kappa shape index (κ2) is 6.64. The summed E-state index contributed by atoms with van der Waals surface area (Å²) in [6, 6.07) is 6.51. The van der Waals surface area contributed by atoms with Crippen molar-refractivity contribution < 1.29 is 28.7 Å². The molecule has 0 N–H and O–H groups in total. The number of hydrogen-bond acceptors (Lipinski definition) is 6. The van der Waals surface area contributed by atoms with Gasteiger partial charge in [0.25, 0.3) is 0 Å². The highest BCUT2D eigenvalue weighted by Crippen LogP contribution is 2.52. The van der Waals surface area contributed by atoms with Crippen LogP contribution in [0.1, 0.15) is 16.8 Å². The molecule has 0 unspecified atom stereocenters. The molecule has 3 aliphatic rings. The quantitative estimate of drug-likeness (QED) is 0.324. The number of imide groups is 1. The van der Waals surface area contributed by atoms with Gasteiger partial charge in [-0.2, -0.15) is 0 Å². The van der Waals surface area contributed by atoms with Crippen LogP contribution in [0, 0.1) is 23.7 Å². The summed E-state index contributed by atoms with van der Waals surface area (Å²) in [4.78, 5) is 50.3. The molecule has 4 atom stereocenters. The lowest BCUT2D eigenvalue weighted by Gasteiger charge is -2.16. The number of hydrogen-bond donors (Lipinski definition) is 0. The topological polar surface area (TPSA) is 90.0 Å². The molecule has 2 bridgehead atoms. The maximum Gasteiger partial charge on any atom is 0.326 e. The third-order valence-electron chi connectivity index (χ3n) is 5.60. The number of ketones is 1. The summed E-state index contributed by atoms with van der Waals surface area (Å²) >= 11 is 0. The number of likely N-dealkylation sites (tertiary alicyclic amines) is 1. The number of ether oxygens (including phenoxy) is 2. The van der Waals surface area contributed by atoms with Crippen molar-refractivity contribution in [2.45, 2.75) is 6.42 Å². The van der Waals surface area contributed by atoms with Crippen LogP contribution >= 0.6 is 0 Å². The number of amides is 2. The van der Waals surface area contributed by atoms with Gasteiger partial charge in [-0.05, 0) is 30.4 Å². The first-order valence-electron chi connectivity index (χ1n) is 8.86. The maximum atomic E-state index is 12.5. The van der Waals surface area contributed by atoms with E-state index in [1.807, 2.05) is 12.2 Å². The van der Waals surface area contributed by atoms with E-state index in [1.54, 1.807) is 24.3 Å². The number of methoxy groups -OCH3 is 1. The third-order valence-corrected chi connectivity index (χ3v) is 5.60. The first kappa shape index (κ1) is 17.5. The van der Waals surface area contributed by atoms with Crippen molar-refractivity contribution in [1.29, 1.82) is 0 Å². The Morgan fingerprint density at radius 2 is 1.78 bits per heavy atom. The molecule has 0 aromatic heterocycles. The molecule has 1 aromatic rings. The molecule has 2 amide bonds. The first-order valence-corrected chi connectivity index (χ1v) is 8.86. The van der Waals surface area contributed by atoms with Crippen molar-refractivity contribution in [2.24, 2.45) is 23.7 Å². The largest absolute Gasteiger partial charge is 0.497 e. The van der Waals surface area contributed by atoms with Gasteiger partial charge < -0.3 is 9.47 Å². The van der Waals surface area contributed by atoms with Crippen LogP contribution in [0.4, 0.5) is 0 Å². The molecule has 2 aliphatic carbocycles. The van der Waals surface area contributed by atoms with Gasteiger partial charge in [-0.15, -0.1) is 0 Å². The van der Waals surface area contributed by atoms with Crippen LogP contribution in [0.15, 0.2) is 36.4 Å². The maximum absolute atomic E-state index is 12.5. The molecule has 2 fully saturated rings. The van der Waals surface area contributed by atoms with Gasteiger partial charge in [0.15, 0.2) is 12.4 Å². The van der Waals surface area contributed by atoms with Crippen LogP contribution in [-0.2, 0) is 19.1 Å². The zero-order valence-corrected chi connectivity index (χ0v) is 14.8. The predicted octanol–water partition coefficient (Wildman–Crippen LogP) is 1.23. The summed E-state index contributed by atoms with van der Waals surface area (Å²) in [5.41, 5.74) is 0.354. The summed E-state index contributed by atoms with van der Waals surface area (Å²) in [5.74, 6) is -1.77. The van der Waals surface area contributed by atoms with Crippen molar-refractivity contribution in [2.75, 3.05) is 20.3 Å². The number of carbonyl (C=O) groups excluding carboxylic acids is 4. The lowest BCUT2D eigenvalue weighted by molar-refractivity contribution is -0.152. The molecule has 7 heteroatoms. The fourth-order valence-electron chi connectivity index (χ4n) is 4.32. The average Bonchev–Trinajstić information content (AvgIpc) is 3.36. The molecule has 0 radical (unpaired) electrons. The van der Waals surface area contributed by atoms with Gasteiger partial charge in [0.05, 0.1) is 18.9 Å². The number of Topliss-reactive ketones (excluding diaryl/α,β-unsaturated/α-hetero) is 1. The molecular weight excluding hydrogens is 350 g/mol. The van der Waals surface area contributed by atoms with Gasteiger partial charge in [-0.3, -0.25) is 24.1 Å². The van der Waals surface area contributed by atoms with Crippen LogP contribution in [-0.4, -0.2) is 48.7 Å². The van der Waals surface area contributed by atoms with E-state index in [0.717, 1.165) is 11.3 Å². The van der Waals surface area contributed by atoms with E-state index < -0.39 is 19.1 Å². The summed E-state index contributed by atoms with van der Waals surface area (Å²) in [6.45, 7) is -0.905. The van der Waals surface area contributed by atoms with E-state index >= 15 is 0 Å². The number of esters is 1. The summed E-state index contributed by atoms with van der Waals surface area (Å²) in [5, 5.41) is 0. The second-order valence-corrected chi connectivity index (χ2v) is 7.08. The van der Waals surface area contributed by atoms with E-state index in [4.69, 9.17) is 9.47 Å². The Hall–Kier alpha value is -2.96. The third kappa shape index (κ3) is 2.93. The Balaban J connectivity index is 1.34. The minimum Gasteiger partial charge on any atom is -0.497 e. The monoisotopic (exact) mass is 369 g/mol. The predicted molar refractivity (Wildman–Crippen MR) is 92.7 cm³/mol. The Kier molecular flexibility index (Phi) is 4.30. The van der Waals surface area contributed by atoms with E-state index in [9.17, 15) is 19.2 Å². The fraction of sp³-hybridized carbons (Fsp3) is 0.400. The number of allylic oxidation sites excluding steroid dienone is 2. The van der Waals surface area contributed by atoms with Gasteiger partial charge >= 0.3 is 5.97 Å². The zero-order valence-electron chi connectivity index (χ0n) is 14.8. The highest BCUT2D eigenvalue weighted by atomic mass is 16.5. The van der Waals surface area contributed by atoms with Crippen LogP contribution < -0.4 is 4.74 Å². The van der Waals surface area contributed by atoms with Crippen LogP contribution in [0.5, 0.6) is 5.75 Å². The van der Waals surface area contributed by atoms with Gasteiger partial charge in [0, 0.05) is 5.56 Å². The van der Waals surface area contributed by atoms with Gasteiger partial charge in [-0.1, -0.05) is 24.3 Å². The number of fused-ring (bicyclic) bond motifs is 5. The lowest BCUT2D eigenvalue weighted by atomic mass is 9.85. The minimum absolute atomic E-state index is 0.0899. The standard InChI is InChI=1S/C20H19NO6/c1-26-14-4-2-3-11(8-14)15(22)10-27-16(23)9-21-19(24)17-12-5-6-13(7-12)18(17)20(21)25/h2-6,8,12-13,17-18H,7,9-10H2,1H3/t12-,13-,17+,18+/m0/s1. The number of benzene rings is 1. The zero-order chi connectivity index (χ0) is 19.1. The molecule has 0 spiro atoms. The molecule has 1 heterocycles. The minimum atomic E-state index is -0.770. The van der Waals surface area contributed by atoms with Crippen molar-refractivity contribution in [3.8, 4) is 5.75 Å². The fourth-order valence-corrected chi connectivity index (χ4v) is 4.32. The second-order valence-electron chi connectivity index (χ2n) is 7.08. The van der Waals surface area contributed by atoms with E-state index in [0.29, 0.717) is 11.3 Å². The van der Waals surface area contributed by atoms with Crippen molar-refractivity contribution in [3.05, 3.63) is 42.0 Å². The number of rotatable bonds is 6. The van der Waals surface area contributed by atoms with Crippen LogP contribution in [0.2, 0.25) is 0 Å². The summed E-state index contributed by atoms with van der Waals surface area (Å²) in [6.07, 6.45) is 4.82. The summed E-state index contributed by atoms with van der Waals surface area (Å²) in [7, 11) is 1.49. The normalized spacial score (nSPS) is 27.8. The molecule has 1 aromatic carbocycles. The molecule has 1 saturated heterocycles. The highest BCUT2D eigenvalue weighted by molar-refractivity contribution is 6.08. The molecular formula is C20H19NO6. The van der Waals surface area contributed by atoms with Crippen molar-refractivity contribution in [3.63, 3.8) is 0 Å². The number of carbonyl (C=O) groups is 4. The van der Waals surface area contributed by atoms with Crippen LogP contribution in [0.3, 0.4) is 0 Å². The van der Waals surface area contributed by atoms with E-state index in [2.05, 4.69) is 0 Å². The van der Waals surface area contributed by atoms with Crippen molar-refractivity contribution >= 4 is 23.6 Å². The summed E-state index contributed by atoms with van der Waals surface area (Å²) < 4.78 is 10.0.